The molecule has 4 aromatic rings. The molecule has 1 saturated heterocycles. The van der Waals surface area contributed by atoms with Crippen molar-refractivity contribution in [3.8, 4) is 5.69 Å². The number of carbonyl (C=O) groups excluding carboxylic acids is 3. The highest BCUT2D eigenvalue weighted by Crippen LogP contribution is 2.29. The second-order valence-corrected chi connectivity index (χ2v) is 10.9. The Labute approximate surface area is 241 Å². The Morgan fingerprint density at radius 1 is 1.07 bits per heavy atom. The number of aromatic nitrogens is 5. The van der Waals surface area contributed by atoms with Gasteiger partial charge >= 0.3 is 6.09 Å². The van der Waals surface area contributed by atoms with E-state index in [2.05, 4.69) is 25.6 Å². The third-order valence-electron chi connectivity index (χ3n) is 6.75. The number of ether oxygens (including phenoxy) is 1. The molecule has 5 rings (SSSR count). The van der Waals surface area contributed by atoms with Gasteiger partial charge in [-0.3, -0.25) is 14.5 Å². The summed E-state index contributed by atoms with van der Waals surface area (Å²) >= 11 is 0. The van der Waals surface area contributed by atoms with E-state index < -0.39 is 35.4 Å². The fraction of sp³-hybridized carbons (Fsp3) is 0.345. The number of piperidine rings is 1. The Hall–Kier alpha value is -4.94. The van der Waals surface area contributed by atoms with E-state index in [9.17, 15) is 14.4 Å². The molecule has 218 valence electrons. The third kappa shape index (κ3) is 5.76. The van der Waals surface area contributed by atoms with Crippen LogP contribution in [-0.2, 0) is 4.74 Å². The molecule has 3 aromatic heterocycles. The van der Waals surface area contributed by atoms with Crippen molar-refractivity contribution >= 4 is 34.9 Å². The summed E-state index contributed by atoms with van der Waals surface area (Å²) in [5.74, 6) is -1.91. The highest BCUT2D eigenvalue weighted by atomic mass is 19.1. The van der Waals surface area contributed by atoms with Crippen LogP contribution in [0.1, 0.15) is 54.3 Å². The minimum Gasteiger partial charge on any atom is -0.444 e. The van der Waals surface area contributed by atoms with E-state index in [1.165, 1.54) is 45.9 Å². The number of halogens is 1. The number of amides is 3. The number of hydrogen-bond donors (Lipinski definition) is 1. The van der Waals surface area contributed by atoms with E-state index >= 15 is 4.39 Å². The topological polar surface area (TPSA) is 135 Å². The molecule has 1 aliphatic heterocycles. The molecule has 0 bridgehead atoms. The number of anilines is 1. The van der Waals surface area contributed by atoms with Crippen LogP contribution in [0.25, 0.3) is 16.9 Å². The zero-order valence-corrected chi connectivity index (χ0v) is 23.7. The summed E-state index contributed by atoms with van der Waals surface area (Å²) in [6.07, 6.45) is 3.57. The van der Waals surface area contributed by atoms with Crippen LogP contribution in [-0.4, -0.2) is 79.5 Å². The predicted octanol–water partition coefficient (Wildman–Crippen LogP) is 3.76. The quantitative estimate of drug-likeness (QED) is 0.381. The second kappa shape index (κ2) is 11.5. The molecule has 13 heteroatoms. The molecule has 0 saturated carbocycles. The van der Waals surface area contributed by atoms with Gasteiger partial charge in [0.1, 0.15) is 22.8 Å². The highest BCUT2D eigenvalue weighted by molar-refractivity contribution is 6.10. The molecule has 1 aliphatic rings. The number of rotatable bonds is 5. The molecule has 4 heterocycles. The Morgan fingerprint density at radius 2 is 1.83 bits per heavy atom. The molecule has 1 N–H and O–H groups in total. The number of nitrogens with one attached hydrogen (secondary N) is 1. The summed E-state index contributed by atoms with van der Waals surface area (Å²) in [7, 11) is 1.47. The van der Waals surface area contributed by atoms with Crippen LogP contribution in [0.4, 0.5) is 15.0 Å². The number of pyridine rings is 2. The molecule has 42 heavy (non-hydrogen) atoms. The van der Waals surface area contributed by atoms with Crippen molar-refractivity contribution in [1.29, 1.82) is 0 Å². The summed E-state index contributed by atoms with van der Waals surface area (Å²) in [6.45, 7) is 5.87. The van der Waals surface area contributed by atoms with Gasteiger partial charge in [0.05, 0.1) is 22.9 Å². The normalized spacial score (nSPS) is 15.4. The van der Waals surface area contributed by atoms with Crippen LogP contribution >= 0.6 is 0 Å². The van der Waals surface area contributed by atoms with Crippen molar-refractivity contribution in [1.82, 2.24) is 35.2 Å². The van der Waals surface area contributed by atoms with E-state index in [1.807, 2.05) is 0 Å². The predicted molar refractivity (Wildman–Crippen MR) is 152 cm³/mol. The summed E-state index contributed by atoms with van der Waals surface area (Å²) in [5, 5.41) is 10.7. The smallest absolute Gasteiger partial charge is 0.410 e. The van der Waals surface area contributed by atoms with Crippen LogP contribution < -0.4 is 10.2 Å². The van der Waals surface area contributed by atoms with E-state index in [0.29, 0.717) is 36.2 Å². The molecule has 0 unspecified atom stereocenters. The number of likely N-dealkylation sites (tertiary alicyclic amines) is 1. The third-order valence-corrected chi connectivity index (χ3v) is 6.75. The Balaban J connectivity index is 1.54. The molecule has 1 aromatic carbocycles. The lowest BCUT2D eigenvalue weighted by atomic mass is 10.0. The molecule has 1 fully saturated rings. The molecule has 1 atom stereocenters. The van der Waals surface area contributed by atoms with Crippen LogP contribution in [0.5, 0.6) is 0 Å². The number of fused-ring (bicyclic) bond motifs is 1. The van der Waals surface area contributed by atoms with Crippen molar-refractivity contribution in [2.75, 3.05) is 25.0 Å². The monoisotopic (exact) mass is 574 g/mol. The van der Waals surface area contributed by atoms with Crippen LogP contribution in [0.3, 0.4) is 0 Å². The van der Waals surface area contributed by atoms with Gasteiger partial charge < -0.3 is 15.0 Å². The second-order valence-electron chi connectivity index (χ2n) is 10.9. The Bertz CT molecular complexity index is 1650. The van der Waals surface area contributed by atoms with E-state index in [4.69, 9.17) is 4.74 Å². The zero-order valence-electron chi connectivity index (χ0n) is 23.7. The van der Waals surface area contributed by atoms with Gasteiger partial charge in [0.15, 0.2) is 5.65 Å². The molecule has 0 aliphatic carbocycles. The van der Waals surface area contributed by atoms with Crippen molar-refractivity contribution in [3.63, 3.8) is 0 Å². The van der Waals surface area contributed by atoms with Gasteiger partial charge in [0.25, 0.3) is 11.8 Å². The highest BCUT2D eigenvalue weighted by Gasteiger charge is 2.37. The molecular weight excluding hydrogens is 543 g/mol. The zero-order chi connectivity index (χ0) is 30.0. The van der Waals surface area contributed by atoms with Gasteiger partial charge in [-0.25, -0.2) is 19.2 Å². The number of carbonyl (C=O) groups is 3. The SMILES string of the molecule is CNC(=O)c1cccnc1N(C(=O)c1ccc(-n2nnc3cccnc32)cc1F)[C@@H]1CCCN(C(=O)OC(C)(C)C)C1. The lowest BCUT2D eigenvalue weighted by Gasteiger charge is -2.39. The molecular formula is C29H31FN8O4. The first-order valence-corrected chi connectivity index (χ1v) is 13.5. The Morgan fingerprint density at radius 3 is 2.57 bits per heavy atom. The van der Waals surface area contributed by atoms with E-state index in [0.717, 1.165) is 0 Å². The van der Waals surface area contributed by atoms with Crippen molar-refractivity contribution in [2.24, 2.45) is 0 Å². The lowest BCUT2D eigenvalue weighted by Crippen LogP contribution is -2.53. The number of nitrogens with zero attached hydrogens (tertiary/aromatic N) is 7. The number of hydrogen-bond acceptors (Lipinski definition) is 8. The maximum absolute atomic E-state index is 15.7. The average molecular weight is 575 g/mol. The maximum atomic E-state index is 15.7. The van der Waals surface area contributed by atoms with E-state index in [-0.39, 0.29) is 23.5 Å². The summed E-state index contributed by atoms with van der Waals surface area (Å²) in [4.78, 5) is 51.4. The van der Waals surface area contributed by atoms with Crippen LogP contribution in [0, 0.1) is 5.82 Å². The minimum absolute atomic E-state index is 0.0628. The van der Waals surface area contributed by atoms with Crippen molar-refractivity contribution in [3.05, 3.63) is 71.8 Å². The first kappa shape index (κ1) is 28.6. The fourth-order valence-electron chi connectivity index (χ4n) is 4.87. The first-order chi connectivity index (χ1) is 20.1. The summed E-state index contributed by atoms with van der Waals surface area (Å²) in [6, 6.07) is 10.0. The summed E-state index contributed by atoms with van der Waals surface area (Å²) < 4.78 is 22.7. The van der Waals surface area contributed by atoms with Gasteiger partial charge in [0, 0.05) is 38.6 Å². The molecule has 3 amide bonds. The number of benzene rings is 1. The fourth-order valence-corrected chi connectivity index (χ4v) is 4.87. The van der Waals surface area contributed by atoms with Gasteiger partial charge in [0.2, 0.25) is 0 Å². The van der Waals surface area contributed by atoms with Gasteiger partial charge in [-0.05, 0) is 70.0 Å². The maximum Gasteiger partial charge on any atom is 0.410 e. The van der Waals surface area contributed by atoms with E-state index in [1.54, 1.807) is 51.2 Å². The largest absolute Gasteiger partial charge is 0.444 e. The van der Waals surface area contributed by atoms with Crippen LogP contribution in [0.15, 0.2) is 54.9 Å². The van der Waals surface area contributed by atoms with Crippen molar-refractivity contribution in [2.45, 2.75) is 45.3 Å². The van der Waals surface area contributed by atoms with Gasteiger partial charge in [-0.2, -0.15) is 4.68 Å². The van der Waals surface area contributed by atoms with Crippen molar-refractivity contribution < 1.29 is 23.5 Å². The minimum atomic E-state index is -0.806. The molecule has 12 nitrogen and oxygen atoms in total. The average Bonchev–Trinajstić information content (AvgIpc) is 3.40. The van der Waals surface area contributed by atoms with Gasteiger partial charge in [-0.1, -0.05) is 5.21 Å². The lowest BCUT2D eigenvalue weighted by molar-refractivity contribution is 0.0195. The summed E-state index contributed by atoms with van der Waals surface area (Å²) in [5.41, 5.74) is 0.495. The van der Waals surface area contributed by atoms with Crippen LogP contribution in [0.2, 0.25) is 0 Å². The standard InChI is InChI=1S/C29H31FN8O4/c1-29(2,3)42-28(41)36-15-7-8-19(17-36)37(24-21(26(39)31-4)9-5-13-32-24)27(40)20-12-11-18(16-22(20)30)38-25-23(34-35-38)10-6-14-33-25/h5-6,9-14,16,19H,7-8,15,17H2,1-4H3,(H,31,39)/t19-/m1/s1. The first-order valence-electron chi connectivity index (χ1n) is 13.5. The molecule has 0 radical (unpaired) electrons. The molecule has 0 spiro atoms. The Kier molecular flexibility index (Phi) is 7.83. The van der Waals surface area contributed by atoms with Gasteiger partial charge in [-0.15, -0.1) is 5.10 Å².